The molecule has 0 aromatic carbocycles. The van der Waals surface area contributed by atoms with Gasteiger partial charge in [-0.15, -0.1) is 0 Å². The van der Waals surface area contributed by atoms with E-state index in [2.05, 4.69) is 0 Å². The number of aliphatic carboxylic acids is 1. The number of carbonyl (C=O) groups excluding carboxylic acids is 1. The van der Waals surface area contributed by atoms with Gasteiger partial charge < -0.3 is 5.11 Å². The minimum Gasteiger partial charge on any atom is -0.475 e. The van der Waals surface area contributed by atoms with Crippen molar-refractivity contribution in [1.82, 2.24) is 0 Å². The van der Waals surface area contributed by atoms with Crippen molar-refractivity contribution in [2.75, 3.05) is 0 Å². The summed E-state index contributed by atoms with van der Waals surface area (Å²) in [6.45, 7) is 1.92. The predicted octanol–water partition coefficient (Wildman–Crippen LogP) is 2.19. The molecular formula is C6H8ClF3O3. The van der Waals surface area contributed by atoms with Crippen LogP contribution in [0.3, 0.4) is 0 Å². The molecule has 0 aliphatic rings. The minimum absolute atomic E-state index is 0.238. The first-order chi connectivity index (χ1) is 5.71. The van der Waals surface area contributed by atoms with Gasteiger partial charge in [-0.25, -0.2) is 4.79 Å². The van der Waals surface area contributed by atoms with Crippen molar-refractivity contribution in [2.24, 2.45) is 0 Å². The maximum atomic E-state index is 10.6. The molecule has 0 unspecified atom stereocenters. The molecule has 0 rings (SSSR count). The first-order valence-corrected chi connectivity index (χ1v) is 3.58. The zero-order valence-corrected chi connectivity index (χ0v) is 7.45. The summed E-state index contributed by atoms with van der Waals surface area (Å²) in [6.07, 6.45) is -3.73. The van der Waals surface area contributed by atoms with Crippen LogP contribution < -0.4 is 0 Å². The zero-order chi connectivity index (χ0) is 11.1. The Labute approximate surface area is 77.5 Å². The van der Waals surface area contributed by atoms with Crippen molar-refractivity contribution in [3.63, 3.8) is 0 Å². The van der Waals surface area contributed by atoms with Crippen LogP contribution in [0, 0.1) is 0 Å². The van der Waals surface area contributed by atoms with E-state index in [9.17, 15) is 18.0 Å². The summed E-state index contributed by atoms with van der Waals surface area (Å²) in [5, 5.41) is 6.89. The first kappa shape index (κ1) is 14.7. The summed E-state index contributed by atoms with van der Waals surface area (Å²) in [5.41, 5.74) is 0. The molecule has 0 fully saturated rings. The Hall–Kier alpha value is -0.780. The Morgan fingerprint density at radius 2 is 1.69 bits per heavy atom. The Balaban J connectivity index is 0. The number of carbonyl (C=O) groups is 2. The largest absolute Gasteiger partial charge is 0.490 e. The molecule has 13 heavy (non-hydrogen) atoms. The number of carboxylic acids is 1. The molecule has 0 aliphatic heterocycles. The van der Waals surface area contributed by atoms with Crippen LogP contribution in [0.4, 0.5) is 13.2 Å². The molecule has 0 bridgehead atoms. The van der Waals surface area contributed by atoms with Gasteiger partial charge in [-0.1, -0.05) is 6.92 Å². The highest BCUT2D eigenvalue weighted by atomic mass is 35.5. The maximum absolute atomic E-state index is 10.6. The van der Waals surface area contributed by atoms with Crippen LogP contribution in [-0.4, -0.2) is 22.5 Å². The third kappa shape index (κ3) is 14.1. The molecule has 0 aliphatic carbocycles. The van der Waals surface area contributed by atoms with Gasteiger partial charge in [0, 0.05) is 6.42 Å². The molecule has 0 amide bonds. The number of alkyl halides is 3. The fraction of sp³-hybridized carbons (Fsp3) is 0.667. The molecule has 1 N–H and O–H groups in total. The Morgan fingerprint density at radius 1 is 1.38 bits per heavy atom. The monoisotopic (exact) mass is 220 g/mol. The van der Waals surface area contributed by atoms with E-state index in [1.54, 1.807) is 0 Å². The van der Waals surface area contributed by atoms with Crippen LogP contribution in [0.2, 0.25) is 0 Å². The van der Waals surface area contributed by atoms with E-state index >= 15 is 0 Å². The number of hydrogen-bond donors (Lipinski definition) is 1. The van der Waals surface area contributed by atoms with E-state index in [-0.39, 0.29) is 5.24 Å². The van der Waals surface area contributed by atoms with Gasteiger partial charge in [0.1, 0.15) is 0 Å². The van der Waals surface area contributed by atoms with Crippen LogP contribution in [0.5, 0.6) is 0 Å². The molecule has 0 radical (unpaired) electrons. The van der Waals surface area contributed by atoms with Gasteiger partial charge in [-0.05, 0) is 18.0 Å². The van der Waals surface area contributed by atoms with Gasteiger partial charge in [-0.3, -0.25) is 4.79 Å². The van der Waals surface area contributed by atoms with Crippen molar-refractivity contribution in [3.8, 4) is 0 Å². The van der Waals surface area contributed by atoms with Crippen molar-refractivity contribution in [3.05, 3.63) is 0 Å². The third-order valence-electron chi connectivity index (χ3n) is 0.689. The second kappa shape index (κ2) is 6.71. The third-order valence-corrected chi connectivity index (χ3v) is 0.878. The van der Waals surface area contributed by atoms with Gasteiger partial charge in [0.15, 0.2) is 0 Å². The number of hydrogen-bond acceptors (Lipinski definition) is 2. The molecule has 0 spiro atoms. The molecule has 0 saturated heterocycles. The van der Waals surface area contributed by atoms with E-state index in [1.165, 1.54) is 0 Å². The highest BCUT2D eigenvalue weighted by Crippen LogP contribution is 2.13. The first-order valence-electron chi connectivity index (χ1n) is 3.20. The predicted molar refractivity (Wildman–Crippen MR) is 39.5 cm³/mol. The summed E-state index contributed by atoms with van der Waals surface area (Å²) in [6, 6.07) is 0. The Morgan fingerprint density at radius 3 is 1.69 bits per heavy atom. The molecule has 0 saturated carbocycles. The molecule has 78 valence electrons. The van der Waals surface area contributed by atoms with Crippen LogP contribution >= 0.6 is 11.6 Å². The topological polar surface area (TPSA) is 54.4 Å². The highest BCUT2D eigenvalue weighted by Gasteiger charge is 2.38. The van der Waals surface area contributed by atoms with E-state index in [1.807, 2.05) is 6.92 Å². The lowest BCUT2D eigenvalue weighted by molar-refractivity contribution is -0.192. The standard InChI is InChI=1S/C4H7ClO.C2HF3O2/c1-2-3-4(5)6;3-2(4,5)1(6)7/h2-3H2,1H3;(H,6,7). The second-order valence-corrected chi connectivity index (χ2v) is 2.33. The summed E-state index contributed by atoms with van der Waals surface area (Å²) >= 11 is 4.94. The maximum Gasteiger partial charge on any atom is 0.490 e. The Kier molecular flexibility index (Phi) is 7.60. The van der Waals surface area contributed by atoms with E-state index < -0.39 is 12.1 Å². The van der Waals surface area contributed by atoms with Gasteiger partial charge in [-0.2, -0.15) is 13.2 Å². The minimum atomic E-state index is -5.08. The van der Waals surface area contributed by atoms with E-state index in [4.69, 9.17) is 21.5 Å². The summed E-state index contributed by atoms with van der Waals surface area (Å²) < 4.78 is 31.7. The fourth-order valence-electron chi connectivity index (χ4n) is 0.197. The summed E-state index contributed by atoms with van der Waals surface area (Å²) in [7, 11) is 0. The van der Waals surface area contributed by atoms with Crippen molar-refractivity contribution in [2.45, 2.75) is 25.9 Å². The van der Waals surface area contributed by atoms with Gasteiger partial charge in [0.05, 0.1) is 0 Å². The second-order valence-electron chi connectivity index (χ2n) is 1.91. The average Bonchev–Trinajstić information content (AvgIpc) is 1.85. The molecule has 0 atom stereocenters. The van der Waals surface area contributed by atoms with Crippen molar-refractivity contribution < 1.29 is 27.9 Å². The van der Waals surface area contributed by atoms with E-state index in [0.29, 0.717) is 6.42 Å². The van der Waals surface area contributed by atoms with Crippen molar-refractivity contribution >= 4 is 22.8 Å². The fourth-order valence-corrected chi connectivity index (χ4v) is 0.386. The SMILES string of the molecule is CCCC(=O)Cl.O=C(O)C(F)(F)F. The lowest BCUT2D eigenvalue weighted by atomic mass is 10.4. The molecule has 0 heterocycles. The van der Waals surface area contributed by atoms with Gasteiger partial charge in [0.2, 0.25) is 5.24 Å². The molecule has 0 aromatic rings. The molecular weight excluding hydrogens is 213 g/mol. The quantitative estimate of drug-likeness (QED) is 0.726. The lowest BCUT2D eigenvalue weighted by Crippen LogP contribution is -2.21. The lowest BCUT2D eigenvalue weighted by Gasteiger charge is -1.93. The van der Waals surface area contributed by atoms with Crippen LogP contribution in [0.25, 0.3) is 0 Å². The molecule has 3 nitrogen and oxygen atoms in total. The zero-order valence-electron chi connectivity index (χ0n) is 6.69. The van der Waals surface area contributed by atoms with Crippen LogP contribution in [0.1, 0.15) is 19.8 Å². The van der Waals surface area contributed by atoms with E-state index in [0.717, 1.165) is 6.42 Å². The van der Waals surface area contributed by atoms with Crippen LogP contribution in [0.15, 0.2) is 0 Å². The number of rotatable bonds is 2. The average molecular weight is 221 g/mol. The molecule has 0 aromatic heterocycles. The normalized spacial score (nSPS) is 9.92. The van der Waals surface area contributed by atoms with Gasteiger partial charge in [0.25, 0.3) is 0 Å². The van der Waals surface area contributed by atoms with Crippen molar-refractivity contribution in [1.29, 1.82) is 0 Å². The number of carboxylic acid groups (broad SMARTS) is 1. The smallest absolute Gasteiger partial charge is 0.475 e. The number of halogens is 4. The molecule has 7 heteroatoms. The van der Waals surface area contributed by atoms with Gasteiger partial charge >= 0.3 is 12.1 Å². The van der Waals surface area contributed by atoms with Crippen LogP contribution in [-0.2, 0) is 9.59 Å². The Bertz CT molecular complexity index is 178. The highest BCUT2D eigenvalue weighted by molar-refractivity contribution is 6.63. The summed E-state index contributed by atoms with van der Waals surface area (Å²) in [4.78, 5) is 18.7. The summed E-state index contributed by atoms with van der Waals surface area (Å²) in [5.74, 6) is -2.76.